The topological polar surface area (TPSA) is 96.0 Å². The maximum atomic E-state index is 12.8. The fourth-order valence-electron chi connectivity index (χ4n) is 3.37. The minimum Gasteiger partial charge on any atom is -0.462 e. The molecule has 3 aromatic carbocycles. The van der Waals surface area contributed by atoms with Gasteiger partial charge in [-0.05, 0) is 63.0 Å². The van der Waals surface area contributed by atoms with Crippen LogP contribution in [0.15, 0.2) is 72.8 Å². The van der Waals surface area contributed by atoms with E-state index in [0.29, 0.717) is 11.8 Å². The summed E-state index contributed by atoms with van der Waals surface area (Å²) < 4.78 is 16.2. The van der Waals surface area contributed by atoms with Crippen LogP contribution in [0.4, 0.5) is 0 Å². The average molecular weight is 498 g/mol. The summed E-state index contributed by atoms with van der Waals surface area (Å²) in [6, 6.07) is 19.9. The molecule has 0 aliphatic rings. The van der Waals surface area contributed by atoms with Gasteiger partial charge in [0.15, 0.2) is 12.4 Å². The average Bonchev–Trinajstić information content (AvgIpc) is 2.90. The third-order valence-electron chi connectivity index (χ3n) is 5.63. The van der Waals surface area contributed by atoms with Crippen molar-refractivity contribution in [1.29, 1.82) is 0 Å². The van der Waals surface area contributed by atoms with Crippen molar-refractivity contribution in [2.75, 3.05) is 6.61 Å². The van der Waals surface area contributed by atoms with Crippen LogP contribution in [0.25, 0.3) is 0 Å². The van der Waals surface area contributed by atoms with Gasteiger partial charge in [0, 0.05) is 0 Å². The van der Waals surface area contributed by atoms with Crippen LogP contribution in [0.1, 0.15) is 47.8 Å². The van der Waals surface area contributed by atoms with Gasteiger partial charge in [0.2, 0.25) is 0 Å². The van der Waals surface area contributed by atoms with Crippen molar-refractivity contribution in [3.63, 3.8) is 0 Å². The standard InChI is InChI=1S/C29H27BO7/c1-18-4-10-21(11-5-18)27(32)35-17-24(30)26(37-29(34)23-14-8-20(3)9-15-23)25(16-31)36-28(33)22-12-6-19(2)7-13-22/h4-16,24-26H,17H2,1-3H3/t24-,25+,26+/m1/s1. The Kier molecular flexibility index (Phi) is 9.38. The maximum absolute atomic E-state index is 12.8. The first-order chi connectivity index (χ1) is 17.7. The van der Waals surface area contributed by atoms with Gasteiger partial charge in [0.05, 0.1) is 31.1 Å². The predicted molar refractivity (Wildman–Crippen MR) is 138 cm³/mol. The number of carbonyl (C=O) groups is 4. The van der Waals surface area contributed by atoms with Gasteiger partial charge in [-0.1, -0.05) is 53.1 Å². The van der Waals surface area contributed by atoms with Gasteiger partial charge in [-0.3, -0.25) is 4.79 Å². The van der Waals surface area contributed by atoms with E-state index >= 15 is 0 Å². The Bertz CT molecular complexity index is 1230. The number of hydrogen-bond donors (Lipinski definition) is 0. The van der Waals surface area contributed by atoms with Crippen molar-refractivity contribution in [1.82, 2.24) is 0 Å². The molecule has 0 heterocycles. The van der Waals surface area contributed by atoms with Crippen molar-refractivity contribution < 1.29 is 33.4 Å². The fourth-order valence-corrected chi connectivity index (χ4v) is 3.37. The zero-order chi connectivity index (χ0) is 26.9. The second kappa shape index (κ2) is 12.7. The number of rotatable bonds is 10. The Balaban J connectivity index is 1.78. The van der Waals surface area contributed by atoms with E-state index in [0.717, 1.165) is 16.7 Å². The smallest absolute Gasteiger partial charge is 0.338 e. The molecule has 0 saturated carbocycles. The first-order valence-electron chi connectivity index (χ1n) is 11.7. The maximum Gasteiger partial charge on any atom is 0.338 e. The van der Waals surface area contributed by atoms with E-state index in [9.17, 15) is 19.2 Å². The van der Waals surface area contributed by atoms with E-state index in [4.69, 9.17) is 22.1 Å². The normalized spacial score (nSPS) is 13.1. The minimum absolute atomic E-state index is 0.209. The molecule has 3 aromatic rings. The van der Waals surface area contributed by atoms with Crippen molar-refractivity contribution >= 4 is 32.0 Å². The van der Waals surface area contributed by atoms with Gasteiger partial charge in [0.1, 0.15) is 6.10 Å². The van der Waals surface area contributed by atoms with Crippen LogP contribution >= 0.6 is 0 Å². The summed E-state index contributed by atoms with van der Waals surface area (Å²) in [5, 5.41) is 0. The highest BCUT2D eigenvalue weighted by molar-refractivity contribution is 6.12. The number of carbonyl (C=O) groups excluding carboxylic acids is 4. The zero-order valence-electron chi connectivity index (χ0n) is 20.9. The van der Waals surface area contributed by atoms with Crippen LogP contribution in [0.3, 0.4) is 0 Å². The van der Waals surface area contributed by atoms with E-state index in [1.165, 1.54) is 0 Å². The molecule has 37 heavy (non-hydrogen) atoms. The lowest BCUT2D eigenvalue weighted by Crippen LogP contribution is -2.41. The summed E-state index contributed by atoms with van der Waals surface area (Å²) in [5.41, 5.74) is 3.58. The summed E-state index contributed by atoms with van der Waals surface area (Å²) in [5.74, 6) is -3.39. The molecule has 0 amide bonds. The molecule has 0 aliphatic heterocycles. The molecule has 0 unspecified atom stereocenters. The Morgan fingerprint density at radius 1 is 0.676 bits per heavy atom. The second-order valence-electron chi connectivity index (χ2n) is 8.74. The molecular formula is C29H27BO7. The Labute approximate surface area is 217 Å². The van der Waals surface area contributed by atoms with E-state index < -0.39 is 42.5 Å². The SMILES string of the molecule is [B][C@H](COC(=O)c1ccc(C)cc1)[C@H](OC(=O)c1ccc(C)cc1)[C@H](C=O)OC(=O)c1ccc(C)cc1. The molecular weight excluding hydrogens is 471 g/mol. The summed E-state index contributed by atoms with van der Waals surface area (Å²) >= 11 is 0. The first kappa shape index (κ1) is 27.4. The molecule has 0 spiro atoms. The largest absolute Gasteiger partial charge is 0.462 e. The summed E-state index contributed by atoms with van der Waals surface area (Å²) in [6.07, 6.45) is -2.64. The van der Waals surface area contributed by atoms with E-state index in [2.05, 4.69) is 0 Å². The lowest BCUT2D eigenvalue weighted by Gasteiger charge is -2.28. The van der Waals surface area contributed by atoms with E-state index in [1.54, 1.807) is 72.8 Å². The van der Waals surface area contributed by atoms with Crippen molar-refractivity contribution in [3.8, 4) is 0 Å². The summed E-state index contributed by atoms with van der Waals surface area (Å²) in [6.45, 7) is 5.21. The Morgan fingerprint density at radius 3 is 1.46 bits per heavy atom. The molecule has 0 fully saturated rings. The molecule has 3 atom stereocenters. The molecule has 3 rings (SSSR count). The molecule has 188 valence electrons. The second-order valence-corrected chi connectivity index (χ2v) is 8.74. The molecule has 7 nitrogen and oxygen atoms in total. The highest BCUT2D eigenvalue weighted by Gasteiger charge is 2.34. The molecule has 2 radical (unpaired) electrons. The van der Waals surface area contributed by atoms with Gasteiger partial charge in [-0.15, -0.1) is 0 Å². The van der Waals surface area contributed by atoms with Crippen LogP contribution in [0, 0.1) is 20.8 Å². The van der Waals surface area contributed by atoms with Gasteiger partial charge < -0.3 is 14.2 Å². The van der Waals surface area contributed by atoms with Gasteiger partial charge in [-0.25, -0.2) is 14.4 Å². The van der Waals surface area contributed by atoms with E-state index in [-0.39, 0.29) is 11.1 Å². The summed E-state index contributed by atoms with van der Waals surface area (Å²) in [4.78, 5) is 50.0. The fraction of sp³-hybridized carbons (Fsp3) is 0.241. The van der Waals surface area contributed by atoms with E-state index in [1.807, 2.05) is 20.8 Å². The lowest BCUT2D eigenvalue weighted by atomic mass is 9.80. The molecule has 8 heteroatoms. The van der Waals surface area contributed by atoms with Crippen LogP contribution < -0.4 is 0 Å². The van der Waals surface area contributed by atoms with Crippen molar-refractivity contribution in [3.05, 3.63) is 106 Å². The van der Waals surface area contributed by atoms with Crippen LogP contribution in [0.5, 0.6) is 0 Å². The van der Waals surface area contributed by atoms with Crippen LogP contribution in [-0.2, 0) is 19.0 Å². The van der Waals surface area contributed by atoms with Crippen molar-refractivity contribution in [2.24, 2.45) is 0 Å². The minimum atomic E-state index is -1.55. The zero-order valence-corrected chi connectivity index (χ0v) is 20.9. The highest BCUT2D eigenvalue weighted by atomic mass is 16.6. The Hall–Kier alpha value is -4.20. The third kappa shape index (κ3) is 7.64. The van der Waals surface area contributed by atoms with Crippen LogP contribution in [-0.4, -0.2) is 50.9 Å². The molecule has 0 saturated heterocycles. The predicted octanol–water partition coefficient (Wildman–Crippen LogP) is 4.38. The molecule has 0 N–H and O–H groups in total. The van der Waals surface area contributed by atoms with Crippen LogP contribution in [0.2, 0.25) is 5.82 Å². The first-order valence-corrected chi connectivity index (χ1v) is 11.7. The Morgan fingerprint density at radius 2 is 1.05 bits per heavy atom. The third-order valence-corrected chi connectivity index (χ3v) is 5.63. The number of ether oxygens (including phenoxy) is 3. The molecule has 0 bridgehead atoms. The number of aryl methyl sites for hydroxylation is 3. The molecule has 0 aliphatic carbocycles. The van der Waals surface area contributed by atoms with Gasteiger partial charge >= 0.3 is 17.9 Å². The van der Waals surface area contributed by atoms with Crippen molar-refractivity contribution in [2.45, 2.75) is 38.8 Å². The number of benzene rings is 3. The monoisotopic (exact) mass is 498 g/mol. The van der Waals surface area contributed by atoms with Gasteiger partial charge in [-0.2, -0.15) is 0 Å². The number of hydrogen-bond acceptors (Lipinski definition) is 7. The number of esters is 3. The highest BCUT2D eigenvalue weighted by Crippen LogP contribution is 2.21. The lowest BCUT2D eigenvalue weighted by molar-refractivity contribution is -0.122. The molecule has 0 aromatic heterocycles. The number of aldehydes is 1. The summed E-state index contributed by atoms with van der Waals surface area (Å²) in [7, 11) is 6.23. The van der Waals surface area contributed by atoms with Gasteiger partial charge in [0.25, 0.3) is 0 Å². The quantitative estimate of drug-likeness (QED) is 0.177.